The van der Waals surface area contributed by atoms with Crippen LogP contribution in [-0.2, 0) is 0 Å². The quantitative estimate of drug-likeness (QED) is 0.505. The van der Waals surface area contributed by atoms with Crippen molar-refractivity contribution < 1.29 is 5.11 Å². The molecule has 0 aromatic carbocycles. The number of hydrogen-bond acceptors (Lipinski definition) is 1. The van der Waals surface area contributed by atoms with Gasteiger partial charge in [0.05, 0.1) is 6.10 Å². The Morgan fingerprint density at radius 1 is 1.75 bits per heavy atom. The molecule has 1 heteroatoms. The Balaban J connectivity index is 2.39. The van der Waals surface area contributed by atoms with E-state index in [2.05, 4.69) is 13.5 Å². The van der Waals surface area contributed by atoms with Crippen LogP contribution >= 0.6 is 0 Å². The average Bonchev–Trinajstić information content (AvgIpc) is 1.67. The van der Waals surface area contributed by atoms with Crippen molar-refractivity contribution >= 4 is 0 Å². The van der Waals surface area contributed by atoms with Gasteiger partial charge in [0.25, 0.3) is 0 Å². The van der Waals surface area contributed by atoms with E-state index < -0.39 is 0 Å². The highest BCUT2D eigenvalue weighted by Crippen LogP contribution is 2.34. The smallest absolute Gasteiger partial charge is 0.0608 e. The van der Waals surface area contributed by atoms with Crippen LogP contribution in [0.3, 0.4) is 0 Å². The van der Waals surface area contributed by atoms with Crippen molar-refractivity contribution in [1.29, 1.82) is 0 Å². The fourth-order valence-electron chi connectivity index (χ4n) is 1.27. The van der Waals surface area contributed by atoms with Crippen LogP contribution in [0.25, 0.3) is 0 Å². The molecule has 1 saturated carbocycles. The van der Waals surface area contributed by atoms with Crippen molar-refractivity contribution in [1.82, 2.24) is 0 Å². The molecule has 46 valence electrons. The molecule has 0 radical (unpaired) electrons. The SMILES string of the molecule is C=C[C@H]1C(O)C[C@H]1C. The Hall–Kier alpha value is -0.300. The highest BCUT2D eigenvalue weighted by molar-refractivity contribution is 4.96. The second-order valence-electron chi connectivity index (χ2n) is 2.59. The lowest BCUT2D eigenvalue weighted by Crippen LogP contribution is -2.37. The van der Waals surface area contributed by atoms with Gasteiger partial charge in [-0.1, -0.05) is 13.0 Å². The molecule has 8 heavy (non-hydrogen) atoms. The molecule has 0 amide bonds. The minimum Gasteiger partial charge on any atom is -0.392 e. The molecule has 0 bridgehead atoms. The summed E-state index contributed by atoms with van der Waals surface area (Å²) in [5, 5.41) is 9.01. The molecule has 3 atom stereocenters. The van der Waals surface area contributed by atoms with Gasteiger partial charge in [0.1, 0.15) is 0 Å². The molecule has 1 unspecified atom stereocenters. The Labute approximate surface area is 50.0 Å². The molecule has 0 saturated heterocycles. The molecule has 1 aliphatic carbocycles. The third-order valence-electron chi connectivity index (χ3n) is 1.99. The lowest BCUT2D eigenvalue weighted by molar-refractivity contribution is 0.00214. The van der Waals surface area contributed by atoms with Crippen LogP contribution in [0.5, 0.6) is 0 Å². The average molecular weight is 112 g/mol. The molecule has 0 heterocycles. The number of rotatable bonds is 1. The van der Waals surface area contributed by atoms with E-state index in [-0.39, 0.29) is 6.10 Å². The van der Waals surface area contributed by atoms with Gasteiger partial charge in [-0.15, -0.1) is 6.58 Å². The maximum absolute atomic E-state index is 9.01. The molecule has 0 aromatic rings. The summed E-state index contributed by atoms with van der Waals surface area (Å²) in [7, 11) is 0. The van der Waals surface area contributed by atoms with Gasteiger partial charge in [-0.2, -0.15) is 0 Å². The molecule has 0 spiro atoms. The van der Waals surface area contributed by atoms with E-state index in [0.717, 1.165) is 6.42 Å². The zero-order valence-electron chi connectivity index (χ0n) is 5.17. The van der Waals surface area contributed by atoms with E-state index in [1.54, 1.807) is 0 Å². The second-order valence-corrected chi connectivity index (χ2v) is 2.59. The van der Waals surface area contributed by atoms with Gasteiger partial charge in [0.15, 0.2) is 0 Å². The maximum atomic E-state index is 9.01. The normalized spacial score (nSPS) is 45.5. The van der Waals surface area contributed by atoms with Crippen molar-refractivity contribution in [2.24, 2.45) is 11.8 Å². The van der Waals surface area contributed by atoms with Gasteiger partial charge < -0.3 is 5.11 Å². The minimum atomic E-state index is -0.0949. The largest absolute Gasteiger partial charge is 0.392 e. The summed E-state index contributed by atoms with van der Waals surface area (Å²) in [5.41, 5.74) is 0. The molecule has 1 aliphatic rings. The summed E-state index contributed by atoms with van der Waals surface area (Å²) in [4.78, 5) is 0. The van der Waals surface area contributed by atoms with Crippen LogP contribution in [0, 0.1) is 11.8 Å². The van der Waals surface area contributed by atoms with Crippen molar-refractivity contribution in [3.8, 4) is 0 Å². The summed E-state index contributed by atoms with van der Waals surface area (Å²) < 4.78 is 0. The van der Waals surface area contributed by atoms with Crippen molar-refractivity contribution in [3.05, 3.63) is 12.7 Å². The second kappa shape index (κ2) is 1.90. The Kier molecular flexibility index (Phi) is 1.39. The Bertz CT molecular complexity index is 90.6. The lowest BCUT2D eigenvalue weighted by Gasteiger charge is -2.37. The van der Waals surface area contributed by atoms with Gasteiger partial charge in [0, 0.05) is 5.92 Å². The van der Waals surface area contributed by atoms with Crippen LogP contribution in [0.4, 0.5) is 0 Å². The standard InChI is InChI=1S/C7H12O/c1-3-6-5(2)4-7(6)8/h3,5-8H,1,4H2,2H3/t5-,6-,7?/m1/s1. The van der Waals surface area contributed by atoms with Gasteiger partial charge in [0.2, 0.25) is 0 Å². The van der Waals surface area contributed by atoms with E-state index >= 15 is 0 Å². The highest BCUT2D eigenvalue weighted by atomic mass is 16.3. The zero-order valence-corrected chi connectivity index (χ0v) is 5.17. The Morgan fingerprint density at radius 2 is 2.38 bits per heavy atom. The first-order valence-electron chi connectivity index (χ1n) is 3.06. The van der Waals surface area contributed by atoms with Crippen LogP contribution in [0.1, 0.15) is 13.3 Å². The molecular formula is C7H12O. The summed E-state index contributed by atoms with van der Waals surface area (Å²) in [6.07, 6.45) is 2.71. The fraction of sp³-hybridized carbons (Fsp3) is 0.714. The molecule has 0 aliphatic heterocycles. The third-order valence-corrected chi connectivity index (χ3v) is 1.99. The lowest BCUT2D eigenvalue weighted by atomic mass is 9.72. The third kappa shape index (κ3) is 0.671. The van der Waals surface area contributed by atoms with Crippen molar-refractivity contribution in [2.75, 3.05) is 0 Å². The monoisotopic (exact) mass is 112 g/mol. The molecule has 1 nitrogen and oxygen atoms in total. The van der Waals surface area contributed by atoms with Gasteiger partial charge in [-0.25, -0.2) is 0 Å². The first-order valence-corrected chi connectivity index (χ1v) is 3.06. The topological polar surface area (TPSA) is 20.2 Å². The van der Waals surface area contributed by atoms with Gasteiger partial charge in [-0.3, -0.25) is 0 Å². The van der Waals surface area contributed by atoms with Crippen LogP contribution in [0.15, 0.2) is 12.7 Å². The summed E-state index contributed by atoms with van der Waals surface area (Å²) in [5.74, 6) is 1.03. The zero-order chi connectivity index (χ0) is 6.15. The summed E-state index contributed by atoms with van der Waals surface area (Å²) in [6.45, 7) is 5.76. The molecule has 1 fully saturated rings. The van der Waals surface area contributed by atoms with Crippen LogP contribution in [0.2, 0.25) is 0 Å². The maximum Gasteiger partial charge on any atom is 0.0608 e. The summed E-state index contributed by atoms with van der Waals surface area (Å²) >= 11 is 0. The van der Waals surface area contributed by atoms with E-state index in [1.165, 1.54) is 0 Å². The summed E-state index contributed by atoms with van der Waals surface area (Å²) in [6, 6.07) is 0. The molecule has 1 N–H and O–H groups in total. The molecule has 1 rings (SSSR count). The Morgan fingerprint density at radius 3 is 2.50 bits per heavy atom. The number of hydrogen-bond donors (Lipinski definition) is 1. The predicted octanol–water partition coefficient (Wildman–Crippen LogP) is 1.19. The van der Waals surface area contributed by atoms with E-state index in [9.17, 15) is 0 Å². The van der Waals surface area contributed by atoms with Crippen molar-refractivity contribution in [2.45, 2.75) is 19.4 Å². The van der Waals surface area contributed by atoms with Crippen LogP contribution in [-0.4, -0.2) is 11.2 Å². The van der Waals surface area contributed by atoms with Gasteiger partial charge in [-0.05, 0) is 12.3 Å². The minimum absolute atomic E-state index is 0.0949. The molecular weight excluding hydrogens is 100 g/mol. The number of aliphatic hydroxyl groups excluding tert-OH is 1. The fourth-order valence-corrected chi connectivity index (χ4v) is 1.27. The molecule has 0 aromatic heterocycles. The first kappa shape index (κ1) is 5.83. The van der Waals surface area contributed by atoms with E-state index in [0.29, 0.717) is 11.8 Å². The van der Waals surface area contributed by atoms with Crippen molar-refractivity contribution in [3.63, 3.8) is 0 Å². The van der Waals surface area contributed by atoms with E-state index in [4.69, 9.17) is 5.11 Å². The first-order chi connectivity index (χ1) is 3.75. The van der Waals surface area contributed by atoms with Gasteiger partial charge >= 0.3 is 0 Å². The van der Waals surface area contributed by atoms with E-state index in [1.807, 2.05) is 6.08 Å². The number of aliphatic hydroxyl groups is 1. The predicted molar refractivity (Wildman–Crippen MR) is 33.5 cm³/mol. The highest BCUT2D eigenvalue weighted by Gasteiger charge is 2.33. The van der Waals surface area contributed by atoms with Crippen LogP contribution < -0.4 is 0 Å².